The van der Waals surface area contributed by atoms with Crippen molar-refractivity contribution in [1.29, 1.82) is 0 Å². The Hall–Kier alpha value is -0.100. The van der Waals surface area contributed by atoms with Crippen LogP contribution in [0.3, 0.4) is 0 Å². The first-order chi connectivity index (χ1) is 16.1. The van der Waals surface area contributed by atoms with E-state index in [0.29, 0.717) is 26.2 Å². The Balaban J connectivity index is 3.56. The fraction of sp³-hybridized carbons (Fsp3) is 0.962. The van der Waals surface area contributed by atoms with E-state index in [1.807, 2.05) is 7.05 Å². The molecule has 0 saturated carbocycles. The van der Waals surface area contributed by atoms with Crippen molar-refractivity contribution in [3.63, 3.8) is 0 Å². The molecular weight excluding hydrogens is 437 g/mol. The molecule has 7 heteroatoms. The summed E-state index contributed by atoms with van der Waals surface area (Å²) in [4.78, 5) is 21.3. The van der Waals surface area contributed by atoms with E-state index in [4.69, 9.17) is 13.8 Å². The number of unbranched alkanes of at least 4 members (excludes halogenated alkanes) is 13. The Labute approximate surface area is 205 Å². The molecule has 0 heterocycles. The lowest BCUT2D eigenvalue weighted by atomic mass is 10.0. The van der Waals surface area contributed by atoms with Gasteiger partial charge in [-0.2, -0.15) is 0 Å². The summed E-state index contributed by atoms with van der Waals surface area (Å²) in [5, 5.41) is 2.07. The van der Waals surface area contributed by atoms with Crippen molar-refractivity contribution in [2.75, 3.05) is 40.0 Å². The number of hydrogen-bond acceptors (Lipinski definition) is 5. The van der Waals surface area contributed by atoms with Crippen LogP contribution in [0.25, 0.3) is 0 Å². The highest BCUT2D eigenvalue weighted by Crippen LogP contribution is 2.33. The van der Waals surface area contributed by atoms with Crippen LogP contribution in [0.4, 0.5) is 0 Å². The minimum absolute atomic E-state index is 0.0288. The van der Waals surface area contributed by atoms with Crippen molar-refractivity contribution < 1.29 is 28.8 Å². The molecule has 0 radical (unpaired) electrons. The standard InChI is InChI=1S/C26H54NO5P/c1-4-5-6-7-8-9-10-11-12-13-14-15-16-17-20-30-23-26(22-25(2)28)24-32-33(29)31-21-18-19-27-3/h26-27,29H,4-24H2,1-3H3/p+1. The van der Waals surface area contributed by atoms with Crippen molar-refractivity contribution in [2.24, 2.45) is 5.92 Å². The second-order valence-electron chi connectivity index (χ2n) is 9.36. The molecule has 0 fully saturated rings. The molecule has 33 heavy (non-hydrogen) atoms. The quantitative estimate of drug-likeness (QED) is 0.110. The second-order valence-corrected chi connectivity index (χ2v) is 10.4. The Morgan fingerprint density at radius 2 is 1.33 bits per heavy atom. The molecule has 0 bridgehead atoms. The van der Waals surface area contributed by atoms with E-state index < -0.39 is 8.60 Å². The minimum Gasteiger partial charge on any atom is -0.381 e. The van der Waals surface area contributed by atoms with E-state index in [1.54, 1.807) is 6.92 Å². The van der Waals surface area contributed by atoms with Crippen LogP contribution in [-0.4, -0.2) is 50.7 Å². The van der Waals surface area contributed by atoms with Gasteiger partial charge in [0, 0.05) is 25.4 Å². The molecule has 0 aliphatic heterocycles. The van der Waals surface area contributed by atoms with Gasteiger partial charge in [-0.3, -0.25) is 0 Å². The van der Waals surface area contributed by atoms with Gasteiger partial charge in [0.2, 0.25) is 0 Å². The minimum atomic E-state index is -1.87. The number of hydrogen-bond donors (Lipinski definition) is 2. The van der Waals surface area contributed by atoms with Crippen LogP contribution in [0, 0.1) is 5.92 Å². The summed E-state index contributed by atoms with van der Waals surface area (Å²) >= 11 is 0. The van der Waals surface area contributed by atoms with Gasteiger partial charge in [0.25, 0.3) is 0 Å². The van der Waals surface area contributed by atoms with E-state index in [-0.39, 0.29) is 11.7 Å². The van der Waals surface area contributed by atoms with E-state index in [9.17, 15) is 9.69 Å². The van der Waals surface area contributed by atoms with Gasteiger partial charge in [0.15, 0.2) is 0 Å². The van der Waals surface area contributed by atoms with Crippen molar-refractivity contribution in [3.05, 3.63) is 0 Å². The maximum absolute atomic E-state index is 11.5. The van der Waals surface area contributed by atoms with Crippen molar-refractivity contribution in [2.45, 2.75) is 117 Å². The first-order valence-electron chi connectivity index (χ1n) is 13.7. The lowest BCUT2D eigenvalue weighted by Crippen LogP contribution is -2.79. The van der Waals surface area contributed by atoms with E-state index in [1.165, 1.54) is 83.5 Å². The summed E-state index contributed by atoms with van der Waals surface area (Å²) in [7, 11) is 0.129. The van der Waals surface area contributed by atoms with Gasteiger partial charge in [-0.1, -0.05) is 90.4 Å². The number of rotatable bonds is 27. The van der Waals surface area contributed by atoms with Crippen LogP contribution in [0.1, 0.15) is 117 Å². The lowest BCUT2D eigenvalue weighted by molar-refractivity contribution is -0.627. The van der Waals surface area contributed by atoms with Crippen LogP contribution < -0.4 is 5.32 Å². The first-order valence-corrected chi connectivity index (χ1v) is 14.8. The van der Waals surface area contributed by atoms with Gasteiger partial charge < -0.3 is 28.8 Å². The molecule has 3 N–H and O–H groups in total. The zero-order valence-electron chi connectivity index (χ0n) is 22.0. The largest absolute Gasteiger partial charge is 0.381 e. The van der Waals surface area contributed by atoms with Crippen LogP contribution in [0.5, 0.6) is 0 Å². The average Bonchev–Trinajstić information content (AvgIpc) is 2.79. The molecule has 0 amide bonds. The molecule has 0 aliphatic rings. The van der Waals surface area contributed by atoms with Gasteiger partial charge in [-0.05, 0) is 13.3 Å². The molecular formula is C26H55NO5P+. The molecule has 0 aromatic carbocycles. The van der Waals surface area contributed by atoms with E-state index in [0.717, 1.165) is 26.0 Å². The predicted octanol–water partition coefficient (Wildman–Crippen LogP) is 5.92. The molecule has 0 aromatic heterocycles. The highest BCUT2D eigenvalue weighted by molar-refractivity contribution is 7.40. The van der Waals surface area contributed by atoms with Crippen LogP contribution in [-0.2, 0) is 18.6 Å². The van der Waals surface area contributed by atoms with Gasteiger partial charge in [-0.15, -0.1) is 0 Å². The fourth-order valence-corrected chi connectivity index (χ4v) is 4.56. The first kappa shape index (κ1) is 32.9. The molecule has 0 rings (SSSR count). The van der Waals surface area contributed by atoms with Crippen molar-refractivity contribution in [3.8, 4) is 0 Å². The zero-order chi connectivity index (χ0) is 24.4. The zero-order valence-corrected chi connectivity index (χ0v) is 22.9. The summed E-state index contributed by atoms with van der Waals surface area (Å²) in [5.41, 5.74) is 0. The Morgan fingerprint density at radius 3 is 1.85 bits per heavy atom. The molecule has 198 valence electrons. The predicted molar refractivity (Wildman–Crippen MR) is 138 cm³/mol. The maximum atomic E-state index is 11.5. The van der Waals surface area contributed by atoms with Gasteiger partial charge in [0.05, 0.1) is 33.4 Å². The summed E-state index contributed by atoms with van der Waals surface area (Å²) in [6.07, 6.45) is 20.1. The van der Waals surface area contributed by atoms with Crippen LogP contribution >= 0.6 is 8.60 Å². The van der Waals surface area contributed by atoms with Gasteiger partial charge >= 0.3 is 8.60 Å². The third kappa shape index (κ3) is 26.3. The summed E-state index contributed by atoms with van der Waals surface area (Å²) in [6.45, 7) is 6.82. The number of ether oxygens (including phenoxy) is 1. The maximum Gasteiger partial charge on any atom is 0.329 e. The Bertz CT molecular complexity index is 414. The van der Waals surface area contributed by atoms with E-state index in [2.05, 4.69) is 12.2 Å². The van der Waals surface area contributed by atoms with Crippen LogP contribution in [0.15, 0.2) is 0 Å². The third-order valence-electron chi connectivity index (χ3n) is 5.83. The highest BCUT2D eigenvalue weighted by atomic mass is 31.2. The molecule has 0 spiro atoms. The second kappa shape index (κ2) is 26.5. The number of ketones is 1. The van der Waals surface area contributed by atoms with Gasteiger partial charge in [-0.25, -0.2) is 0 Å². The van der Waals surface area contributed by atoms with E-state index >= 15 is 0 Å². The Morgan fingerprint density at radius 1 is 0.788 bits per heavy atom. The third-order valence-corrected chi connectivity index (χ3v) is 6.60. The summed E-state index contributed by atoms with van der Waals surface area (Å²) in [6, 6.07) is 0. The SMILES string of the molecule is CCCCCCCCCCCCCCCCOCC(COP(O)OCCC[NH2+]C)CC(C)=O. The fourth-order valence-electron chi connectivity index (χ4n) is 3.86. The molecule has 2 unspecified atom stereocenters. The lowest BCUT2D eigenvalue weighted by Gasteiger charge is -2.18. The average molecular weight is 493 g/mol. The molecule has 0 aromatic rings. The number of quaternary nitrogens is 1. The number of carbonyl (C=O) groups is 1. The smallest absolute Gasteiger partial charge is 0.329 e. The van der Waals surface area contributed by atoms with Gasteiger partial charge in [0.1, 0.15) is 5.78 Å². The van der Waals surface area contributed by atoms with Crippen molar-refractivity contribution >= 4 is 14.4 Å². The molecule has 6 nitrogen and oxygen atoms in total. The Kier molecular flexibility index (Phi) is 26.4. The summed E-state index contributed by atoms with van der Waals surface area (Å²) < 4.78 is 16.5. The molecule has 0 aliphatic carbocycles. The number of Topliss-reactive ketones (excluding diaryl/α,β-unsaturated/α-hetero) is 1. The van der Waals surface area contributed by atoms with Crippen LogP contribution in [0.2, 0.25) is 0 Å². The number of nitrogens with two attached hydrogens (primary N) is 1. The highest BCUT2D eigenvalue weighted by Gasteiger charge is 2.16. The van der Waals surface area contributed by atoms with Crippen molar-refractivity contribution in [1.82, 2.24) is 0 Å². The monoisotopic (exact) mass is 492 g/mol. The topological polar surface area (TPSA) is 81.6 Å². The molecule has 0 saturated heterocycles. The number of carbonyl (C=O) groups excluding carboxylic acids is 1. The molecule has 2 atom stereocenters. The normalized spacial score (nSPS) is 13.3. The summed E-state index contributed by atoms with van der Waals surface area (Å²) in [5.74, 6) is 0.0873.